The molecule has 1 fully saturated rings. The van der Waals surface area contributed by atoms with Crippen LogP contribution >= 0.6 is 0 Å². The van der Waals surface area contributed by atoms with Gasteiger partial charge in [-0.1, -0.05) is 12.8 Å². The molecular formula is C10H18O3. The van der Waals surface area contributed by atoms with Crippen molar-refractivity contribution in [1.29, 1.82) is 0 Å². The quantitative estimate of drug-likeness (QED) is 0.487. The summed E-state index contributed by atoms with van der Waals surface area (Å²) in [5, 5.41) is 0. The molecule has 0 aromatic carbocycles. The predicted molar refractivity (Wildman–Crippen MR) is 49.4 cm³/mol. The molecule has 1 rings (SSSR count). The van der Waals surface area contributed by atoms with Crippen LogP contribution in [0.25, 0.3) is 0 Å². The summed E-state index contributed by atoms with van der Waals surface area (Å²) in [5.74, 6) is -0.0265. The third-order valence-corrected chi connectivity index (χ3v) is 2.74. The van der Waals surface area contributed by atoms with Gasteiger partial charge in [-0.15, -0.1) is 0 Å². The fourth-order valence-corrected chi connectivity index (χ4v) is 1.91. The summed E-state index contributed by atoms with van der Waals surface area (Å²) in [6.45, 7) is 0. The topological polar surface area (TPSA) is 35.5 Å². The molecule has 0 aromatic heterocycles. The van der Waals surface area contributed by atoms with Crippen molar-refractivity contribution in [2.24, 2.45) is 5.92 Å². The maximum atomic E-state index is 11.3. The Hall–Kier alpha value is -0.570. The summed E-state index contributed by atoms with van der Waals surface area (Å²) in [5.41, 5.74) is 0. The van der Waals surface area contributed by atoms with Crippen LogP contribution in [0.5, 0.6) is 0 Å². The zero-order chi connectivity index (χ0) is 9.68. The van der Waals surface area contributed by atoms with Gasteiger partial charge in [-0.3, -0.25) is 4.79 Å². The van der Waals surface area contributed by atoms with Gasteiger partial charge in [0.2, 0.25) is 0 Å². The van der Waals surface area contributed by atoms with Crippen LogP contribution < -0.4 is 0 Å². The van der Waals surface area contributed by atoms with E-state index in [0.29, 0.717) is 0 Å². The van der Waals surface area contributed by atoms with E-state index in [1.807, 2.05) is 0 Å². The fraction of sp³-hybridized carbons (Fsp3) is 0.900. The highest BCUT2D eigenvalue weighted by Crippen LogP contribution is 2.25. The molecule has 0 N–H and O–H groups in total. The van der Waals surface area contributed by atoms with Gasteiger partial charge < -0.3 is 9.47 Å². The molecule has 2 atom stereocenters. The molecule has 0 radical (unpaired) electrons. The predicted octanol–water partition coefficient (Wildman–Crippen LogP) is 1.75. The minimum Gasteiger partial charge on any atom is -0.469 e. The van der Waals surface area contributed by atoms with Gasteiger partial charge in [0.15, 0.2) is 0 Å². The Kier molecular flexibility index (Phi) is 4.22. The molecule has 3 nitrogen and oxygen atoms in total. The van der Waals surface area contributed by atoms with E-state index in [-0.39, 0.29) is 18.0 Å². The molecule has 0 aromatic rings. The van der Waals surface area contributed by atoms with Crippen molar-refractivity contribution in [1.82, 2.24) is 0 Å². The number of methoxy groups -OCH3 is 2. The zero-order valence-corrected chi connectivity index (χ0v) is 8.41. The van der Waals surface area contributed by atoms with E-state index >= 15 is 0 Å². The van der Waals surface area contributed by atoms with Gasteiger partial charge in [-0.05, 0) is 19.3 Å². The molecule has 0 saturated heterocycles. The number of carbonyl (C=O) groups is 1. The van der Waals surface area contributed by atoms with Crippen molar-refractivity contribution in [2.75, 3.05) is 14.2 Å². The molecule has 0 heterocycles. The van der Waals surface area contributed by atoms with E-state index in [1.54, 1.807) is 7.11 Å². The van der Waals surface area contributed by atoms with Crippen LogP contribution in [0.15, 0.2) is 0 Å². The minimum atomic E-state index is -0.0797. The highest BCUT2D eigenvalue weighted by Gasteiger charge is 2.25. The summed E-state index contributed by atoms with van der Waals surface area (Å²) >= 11 is 0. The Morgan fingerprint density at radius 2 is 1.92 bits per heavy atom. The molecule has 2 unspecified atom stereocenters. The lowest BCUT2D eigenvalue weighted by Gasteiger charge is -2.16. The molecule has 1 aliphatic carbocycles. The first kappa shape index (κ1) is 10.5. The van der Waals surface area contributed by atoms with E-state index < -0.39 is 0 Å². The molecular weight excluding hydrogens is 168 g/mol. The van der Waals surface area contributed by atoms with E-state index in [9.17, 15) is 4.79 Å². The second-order valence-corrected chi connectivity index (χ2v) is 3.60. The van der Waals surface area contributed by atoms with Crippen LogP contribution in [0.3, 0.4) is 0 Å². The standard InChI is InChI=1S/C10H18O3/c1-12-9-6-4-3-5-8(7-9)10(11)13-2/h8-9H,3-7H2,1-2H3. The average Bonchev–Trinajstić information content (AvgIpc) is 2.41. The Morgan fingerprint density at radius 3 is 2.54 bits per heavy atom. The lowest BCUT2D eigenvalue weighted by Crippen LogP contribution is -2.21. The molecule has 0 amide bonds. The molecule has 1 saturated carbocycles. The summed E-state index contributed by atoms with van der Waals surface area (Å²) in [6.07, 6.45) is 5.36. The van der Waals surface area contributed by atoms with Gasteiger partial charge in [0.1, 0.15) is 0 Å². The maximum absolute atomic E-state index is 11.3. The van der Waals surface area contributed by atoms with Gasteiger partial charge in [0.25, 0.3) is 0 Å². The molecule has 13 heavy (non-hydrogen) atoms. The number of hydrogen-bond donors (Lipinski definition) is 0. The van der Waals surface area contributed by atoms with Crippen LogP contribution in [-0.2, 0) is 14.3 Å². The van der Waals surface area contributed by atoms with Crippen LogP contribution in [0, 0.1) is 5.92 Å². The zero-order valence-electron chi connectivity index (χ0n) is 8.41. The Labute approximate surface area is 79.4 Å². The number of ether oxygens (including phenoxy) is 2. The SMILES string of the molecule is COC(=O)C1CCCCC(OC)C1. The van der Waals surface area contributed by atoms with Crippen molar-refractivity contribution in [2.45, 2.75) is 38.2 Å². The number of esters is 1. The summed E-state index contributed by atoms with van der Waals surface area (Å²) in [4.78, 5) is 11.3. The normalized spacial score (nSPS) is 29.4. The first-order valence-electron chi connectivity index (χ1n) is 4.88. The lowest BCUT2D eigenvalue weighted by atomic mass is 10.00. The van der Waals surface area contributed by atoms with E-state index in [4.69, 9.17) is 9.47 Å². The smallest absolute Gasteiger partial charge is 0.308 e. The highest BCUT2D eigenvalue weighted by atomic mass is 16.5. The summed E-state index contributed by atoms with van der Waals surface area (Å²) < 4.78 is 10.0. The van der Waals surface area contributed by atoms with Gasteiger partial charge in [0, 0.05) is 7.11 Å². The number of rotatable bonds is 2. The van der Waals surface area contributed by atoms with Crippen LogP contribution in [0.2, 0.25) is 0 Å². The molecule has 76 valence electrons. The largest absolute Gasteiger partial charge is 0.469 e. The average molecular weight is 186 g/mol. The van der Waals surface area contributed by atoms with Gasteiger partial charge in [-0.2, -0.15) is 0 Å². The van der Waals surface area contributed by atoms with Crippen molar-refractivity contribution in [3.8, 4) is 0 Å². The van der Waals surface area contributed by atoms with Crippen LogP contribution in [0.4, 0.5) is 0 Å². The Morgan fingerprint density at radius 1 is 1.23 bits per heavy atom. The number of hydrogen-bond acceptors (Lipinski definition) is 3. The summed E-state index contributed by atoms with van der Waals surface area (Å²) in [7, 11) is 3.17. The third-order valence-electron chi connectivity index (χ3n) is 2.74. The molecule has 0 bridgehead atoms. The van der Waals surface area contributed by atoms with Crippen molar-refractivity contribution < 1.29 is 14.3 Å². The number of carbonyl (C=O) groups excluding carboxylic acids is 1. The molecule has 3 heteroatoms. The van der Waals surface area contributed by atoms with E-state index in [0.717, 1.165) is 32.1 Å². The summed E-state index contributed by atoms with van der Waals surface area (Å²) in [6, 6.07) is 0. The van der Waals surface area contributed by atoms with Crippen molar-refractivity contribution >= 4 is 5.97 Å². The van der Waals surface area contributed by atoms with Crippen molar-refractivity contribution in [3.05, 3.63) is 0 Å². The van der Waals surface area contributed by atoms with E-state index in [1.165, 1.54) is 7.11 Å². The monoisotopic (exact) mass is 186 g/mol. The fourth-order valence-electron chi connectivity index (χ4n) is 1.91. The second-order valence-electron chi connectivity index (χ2n) is 3.60. The van der Waals surface area contributed by atoms with Crippen LogP contribution in [-0.4, -0.2) is 26.3 Å². The molecule has 0 aliphatic heterocycles. The van der Waals surface area contributed by atoms with Gasteiger partial charge in [0.05, 0.1) is 19.1 Å². The Balaban J connectivity index is 2.48. The van der Waals surface area contributed by atoms with Gasteiger partial charge >= 0.3 is 5.97 Å². The first-order chi connectivity index (χ1) is 6.27. The second kappa shape index (κ2) is 5.22. The van der Waals surface area contributed by atoms with Crippen LogP contribution in [0.1, 0.15) is 32.1 Å². The third kappa shape index (κ3) is 2.99. The van der Waals surface area contributed by atoms with Gasteiger partial charge in [-0.25, -0.2) is 0 Å². The van der Waals surface area contributed by atoms with Crippen molar-refractivity contribution in [3.63, 3.8) is 0 Å². The first-order valence-corrected chi connectivity index (χ1v) is 4.88. The maximum Gasteiger partial charge on any atom is 0.308 e. The highest BCUT2D eigenvalue weighted by molar-refractivity contribution is 5.72. The molecule has 1 aliphatic rings. The minimum absolute atomic E-state index is 0.0532. The molecule has 0 spiro atoms. The lowest BCUT2D eigenvalue weighted by molar-refractivity contribution is -0.146. The Bertz CT molecular complexity index is 168. The van der Waals surface area contributed by atoms with E-state index in [2.05, 4.69) is 0 Å².